The molecule has 3 rings (SSSR count). The Morgan fingerprint density at radius 3 is 2.41 bits per heavy atom. The SMILES string of the molecule is O=C(O)C(=O)C1=Cc2cccc3cccc1c23. The van der Waals surface area contributed by atoms with Crippen LogP contribution in [0, 0.1) is 0 Å². The highest BCUT2D eigenvalue weighted by atomic mass is 16.4. The van der Waals surface area contributed by atoms with Crippen molar-refractivity contribution >= 4 is 34.2 Å². The van der Waals surface area contributed by atoms with Crippen LogP contribution in [0.3, 0.4) is 0 Å². The van der Waals surface area contributed by atoms with Crippen molar-refractivity contribution in [2.45, 2.75) is 0 Å². The summed E-state index contributed by atoms with van der Waals surface area (Å²) in [6.45, 7) is 0. The van der Waals surface area contributed by atoms with Crippen molar-refractivity contribution in [1.82, 2.24) is 0 Å². The molecule has 0 saturated carbocycles. The Kier molecular flexibility index (Phi) is 1.89. The summed E-state index contributed by atoms with van der Waals surface area (Å²) in [5.74, 6) is -2.27. The van der Waals surface area contributed by atoms with Gasteiger partial charge in [0.2, 0.25) is 0 Å². The first-order valence-corrected chi connectivity index (χ1v) is 5.20. The summed E-state index contributed by atoms with van der Waals surface area (Å²) in [4.78, 5) is 22.4. The van der Waals surface area contributed by atoms with Crippen LogP contribution in [0.25, 0.3) is 22.4 Å². The topological polar surface area (TPSA) is 54.4 Å². The first-order chi connectivity index (χ1) is 8.18. The van der Waals surface area contributed by atoms with Crippen LogP contribution >= 0.6 is 0 Å². The molecule has 0 radical (unpaired) electrons. The highest BCUT2D eigenvalue weighted by Gasteiger charge is 2.25. The molecule has 0 atom stereocenters. The van der Waals surface area contributed by atoms with E-state index in [2.05, 4.69) is 0 Å². The van der Waals surface area contributed by atoms with E-state index in [9.17, 15) is 9.59 Å². The average Bonchev–Trinajstić information content (AvgIpc) is 2.70. The first-order valence-electron chi connectivity index (χ1n) is 5.20. The molecule has 2 aromatic carbocycles. The molecule has 1 aliphatic carbocycles. The Labute approximate surface area is 97.0 Å². The lowest BCUT2D eigenvalue weighted by Crippen LogP contribution is -2.13. The van der Waals surface area contributed by atoms with Crippen LogP contribution < -0.4 is 0 Å². The van der Waals surface area contributed by atoms with Gasteiger partial charge in [0.25, 0.3) is 5.78 Å². The van der Waals surface area contributed by atoms with E-state index >= 15 is 0 Å². The lowest BCUT2D eigenvalue weighted by molar-refractivity contribution is -0.146. The number of benzene rings is 2. The van der Waals surface area contributed by atoms with Crippen molar-refractivity contribution in [2.75, 3.05) is 0 Å². The second-order valence-corrected chi connectivity index (χ2v) is 3.94. The van der Waals surface area contributed by atoms with E-state index in [4.69, 9.17) is 5.11 Å². The molecule has 1 N–H and O–H groups in total. The summed E-state index contributed by atoms with van der Waals surface area (Å²) in [6.07, 6.45) is 1.65. The van der Waals surface area contributed by atoms with Gasteiger partial charge >= 0.3 is 5.97 Å². The number of Topliss-reactive ketones (excluding diaryl/α,β-unsaturated/α-hetero) is 1. The van der Waals surface area contributed by atoms with Crippen LogP contribution in [-0.4, -0.2) is 16.9 Å². The molecule has 0 heterocycles. The van der Waals surface area contributed by atoms with E-state index in [0.717, 1.165) is 16.3 Å². The third-order valence-electron chi connectivity index (χ3n) is 2.97. The van der Waals surface area contributed by atoms with E-state index in [1.54, 1.807) is 12.1 Å². The maximum absolute atomic E-state index is 11.6. The zero-order chi connectivity index (χ0) is 12.0. The van der Waals surface area contributed by atoms with Gasteiger partial charge in [-0.05, 0) is 28.0 Å². The van der Waals surface area contributed by atoms with Crippen molar-refractivity contribution in [3.8, 4) is 0 Å². The van der Waals surface area contributed by atoms with Gasteiger partial charge in [0.15, 0.2) is 0 Å². The lowest BCUT2D eigenvalue weighted by Gasteiger charge is -2.02. The largest absolute Gasteiger partial charge is 0.475 e. The maximum Gasteiger partial charge on any atom is 0.377 e. The third kappa shape index (κ3) is 1.29. The van der Waals surface area contributed by atoms with Gasteiger partial charge in [0.1, 0.15) is 0 Å². The van der Waals surface area contributed by atoms with Crippen molar-refractivity contribution in [2.24, 2.45) is 0 Å². The second kappa shape index (κ2) is 3.28. The molecule has 0 aromatic heterocycles. The molecule has 0 aliphatic heterocycles. The summed E-state index contributed by atoms with van der Waals surface area (Å²) < 4.78 is 0. The van der Waals surface area contributed by atoms with Gasteiger partial charge in [-0.3, -0.25) is 4.79 Å². The van der Waals surface area contributed by atoms with Crippen molar-refractivity contribution < 1.29 is 14.7 Å². The summed E-state index contributed by atoms with van der Waals surface area (Å²) >= 11 is 0. The Morgan fingerprint density at radius 2 is 1.71 bits per heavy atom. The molecular formula is C14H8O3. The molecule has 0 unspecified atom stereocenters. The molecular weight excluding hydrogens is 216 g/mol. The molecule has 0 saturated heterocycles. The lowest BCUT2D eigenvalue weighted by atomic mass is 10.0. The fourth-order valence-electron chi connectivity index (χ4n) is 2.25. The van der Waals surface area contributed by atoms with Crippen molar-refractivity contribution in [3.05, 3.63) is 47.5 Å². The number of hydrogen-bond donors (Lipinski definition) is 1. The van der Waals surface area contributed by atoms with Crippen LogP contribution in [0.1, 0.15) is 11.1 Å². The summed E-state index contributed by atoms with van der Waals surface area (Å²) in [5.41, 5.74) is 1.89. The first kappa shape index (κ1) is 9.78. The van der Waals surface area contributed by atoms with Crippen LogP contribution in [0.4, 0.5) is 0 Å². The zero-order valence-electron chi connectivity index (χ0n) is 8.81. The molecule has 0 spiro atoms. The predicted molar refractivity (Wildman–Crippen MR) is 64.5 cm³/mol. The summed E-state index contributed by atoms with van der Waals surface area (Å²) in [7, 11) is 0. The van der Waals surface area contributed by atoms with E-state index in [1.165, 1.54) is 0 Å². The molecule has 1 aliphatic rings. The third-order valence-corrected chi connectivity index (χ3v) is 2.97. The van der Waals surface area contributed by atoms with Crippen molar-refractivity contribution in [3.63, 3.8) is 0 Å². The second-order valence-electron chi connectivity index (χ2n) is 3.94. The van der Waals surface area contributed by atoms with E-state index in [1.807, 2.05) is 30.3 Å². The number of carbonyl (C=O) groups excluding carboxylic acids is 1. The van der Waals surface area contributed by atoms with Gasteiger partial charge in [0, 0.05) is 5.57 Å². The molecule has 17 heavy (non-hydrogen) atoms. The molecule has 0 amide bonds. The predicted octanol–water partition coefficient (Wildman–Crippen LogP) is 2.35. The normalized spacial score (nSPS) is 12.6. The average molecular weight is 224 g/mol. The molecule has 2 aromatic rings. The monoisotopic (exact) mass is 224 g/mol. The van der Waals surface area contributed by atoms with E-state index < -0.39 is 11.8 Å². The summed E-state index contributed by atoms with van der Waals surface area (Å²) in [5, 5.41) is 10.8. The molecule has 0 fully saturated rings. The van der Waals surface area contributed by atoms with Crippen LogP contribution in [0.2, 0.25) is 0 Å². The number of carboxylic acid groups (broad SMARTS) is 1. The summed E-state index contributed by atoms with van der Waals surface area (Å²) in [6, 6.07) is 11.3. The van der Waals surface area contributed by atoms with Gasteiger partial charge in [-0.1, -0.05) is 36.4 Å². The van der Waals surface area contributed by atoms with Gasteiger partial charge in [-0.2, -0.15) is 0 Å². The Balaban J connectivity index is 2.31. The number of hydrogen-bond acceptors (Lipinski definition) is 2. The maximum atomic E-state index is 11.6. The Morgan fingerprint density at radius 1 is 1.00 bits per heavy atom. The number of carbonyl (C=O) groups is 2. The van der Waals surface area contributed by atoms with E-state index in [-0.39, 0.29) is 5.57 Å². The quantitative estimate of drug-likeness (QED) is 0.796. The van der Waals surface area contributed by atoms with Gasteiger partial charge in [-0.15, -0.1) is 0 Å². The number of ketones is 1. The van der Waals surface area contributed by atoms with Gasteiger partial charge in [-0.25, -0.2) is 4.79 Å². The number of rotatable bonds is 2. The van der Waals surface area contributed by atoms with E-state index in [0.29, 0.717) is 5.56 Å². The van der Waals surface area contributed by atoms with Crippen LogP contribution in [0.15, 0.2) is 36.4 Å². The minimum Gasteiger partial charge on any atom is -0.475 e. The number of aliphatic carboxylic acids is 1. The fourth-order valence-corrected chi connectivity index (χ4v) is 2.25. The Hall–Kier alpha value is -2.42. The highest BCUT2D eigenvalue weighted by Crippen LogP contribution is 2.36. The molecule has 3 heteroatoms. The zero-order valence-corrected chi connectivity index (χ0v) is 8.81. The van der Waals surface area contributed by atoms with Crippen LogP contribution in [0.5, 0.6) is 0 Å². The van der Waals surface area contributed by atoms with Crippen molar-refractivity contribution in [1.29, 1.82) is 0 Å². The van der Waals surface area contributed by atoms with Crippen LogP contribution in [-0.2, 0) is 9.59 Å². The minimum absolute atomic E-state index is 0.268. The molecule has 3 nitrogen and oxygen atoms in total. The van der Waals surface area contributed by atoms with Gasteiger partial charge in [0.05, 0.1) is 0 Å². The fraction of sp³-hybridized carbons (Fsp3) is 0. The highest BCUT2D eigenvalue weighted by molar-refractivity contribution is 6.54. The minimum atomic E-state index is -1.42. The number of carboxylic acids is 1. The smallest absolute Gasteiger partial charge is 0.377 e. The molecule has 82 valence electrons. The standard InChI is InChI=1S/C14H8O3/c15-13(14(16)17)11-7-9-5-1-3-8-4-2-6-10(11)12(8)9/h1-7H,(H,16,17). The Bertz CT molecular complexity index is 690. The van der Waals surface area contributed by atoms with Gasteiger partial charge < -0.3 is 5.11 Å². The molecule has 0 bridgehead atoms.